The van der Waals surface area contributed by atoms with Crippen LogP contribution >= 0.6 is 15.9 Å². The molecule has 92 valence electrons. The fourth-order valence-electron chi connectivity index (χ4n) is 1.57. The maximum atomic E-state index is 12.1. The number of amides is 1. The molecule has 0 bridgehead atoms. The standard InChI is InChI=1S/C13H12BrN3O/c14-9-4-3-5-10(8-9)16-13(18)11-6-1-2-7-12(11)17-15/h1-8,17H,15H2,(H,16,18). The van der Waals surface area contributed by atoms with Crippen molar-refractivity contribution in [3.63, 3.8) is 0 Å². The van der Waals surface area contributed by atoms with Gasteiger partial charge in [0.05, 0.1) is 11.3 Å². The molecule has 1 amide bonds. The van der Waals surface area contributed by atoms with Gasteiger partial charge in [-0.1, -0.05) is 34.1 Å². The number of nitrogen functional groups attached to an aromatic ring is 1. The minimum Gasteiger partial charge on any atom is -0.323 e. The van der Waals surface area contributed by atoms with E-state index in [-0.39, 0.29) is 5.91 Å². The van der Waals surface area contributed by atoms with E-state index in [0.717, 1.165) is 10.2 Å². The lowest BCUT2D eigenvalue weighted by Crippen LogP contribution is -2.17. The summed E-state index contributed by atoms with van der Waals surface area (Å²) in [4.78, 5) is 12.1. The Morgan fingerprint density at radius 3 is 2.61 bits per heavy atom. The van der Waals surface area contributed by atoms with Crippen molar-refractivity contribution in [2.75, 3.05) is 10.7 Å². The fourth-order valence-corrected chi connectivity index (χ4v) is 1.97. The average molecular weight is 306 g/mol. The molecular formula is C13H12BrN3O. The summed E-state index contributed by atoms with van der Waals surface area (Å²) in [6.45, 7) is 0. The predicted molar refractivity (Wildman–Crippen MR) is 76.3 cm³/mol. The van der Waals surface area contributed by atoms with Gasteiger partial charge in [0.1, 0.15) is 0 Å². The summed E-state index contributed by atoms with van der Waals surface area (Å²) in [6, 6.07) is 14.5. The van der Waals surface area contributed by atoms with Crippen LogP contribution in [0.5, 0.6) is 0 Å². The lowest BCUT2D eigenvalue weighted by Gasteiger charge is -2.09. The highest BCUT2D eigenvalue weighted by molar-refractivity contribution is 9.10. The Morgan fingerprint density at radius 1 is 1.11 bits per heavy atom. The second-order valence-corrected chi connectivity index (χ2v) is 4.57. The van der Waals surface area contributed by atoms with Crippen LogP contribution in [-0.4, -0.2) is 5.91 Å². The van der Waals surface area contributed by atoms with Crippen LogP contribution in [-0.2, 0) is 0 Å². The number of benzene rings is 2. The maximum Gasteiger partial charge on any atom is 0.257 e. The zero-order valence-electron chi connectivity index (χ0n) is 9.48. The van der Waals surface area contributed by atoms with Gasteiger partial charge in [-0.2, -0.15) is 0 Å². The number of para-hydroxylation sites is 1. The molecule has 2 aromatic rings. The van der Waals surface area contributed by atoms with Gasteiger partial charge in [-0.05, 0) is 30.3 Å². The van der Waals surface area contributed by atoms with Gasteiger partial charge in [-0.15, -0.1) is 0 Å². The second kappa shape index (κ2) is 5.66. The maximum absolute atomic E-state index is 12.1. The number of hydrogen-bond donors (Lipinski definition) is 3. The van der Waals surface area contributed by atoms with Gasteiger partial charge in [0, 0.05) is 10.2 Å². The number of hydrogen-bond acceptors (Lipinski definition) is 3. The molecular weight excluding hydrogens is 294 g/mol. The van der Waals surface area contributed by atoms with Crippen LogP contribution in [0, 0.1) is 0 Å². The van der Waals surface area contributed by atoms with E-state index in [2.05, 4.69) is 26.7 Å². The van der Waals surface area contributed by atoms with Crippen LogP contribution in [0.4, 0.5) is 11.4 Å². The molecule has 0 spiro atoms. The number of halogens is 1. The molecule has 0 heterocycles. The van der Waals surface area contributed by atoms with Gasteiger partial charge in [0.2, 0.25) is 0 Å². The minimum atomic E-state index is -0.207. The molecule has 4 nitrogen and oxygen atoms in total. The van der Waals surface area contributed by atoms with Crippen LogP contribution in [0.25, 0.3) is 0 Å². The van der Waals surface area contributed by atoms with Crippen molar-refractivity contribution < 1.29 is 4.79 Å². The van der Waals surface area contributed by atoms with E-state index in [1.807, 2.05) is 30.3 Å². The molecule has 0 fully saturated rings. The molecule has 0 aliphatic heterocycles. The van der Waals surface area contributed by atoms with Crippen molar-refractivity contribution in [2.45, 2.75) is 0 Å². The molecule has 0 aliphatic rings. The number of hydrazine groups is 1. The van der Waals surface area contributed by atoms with Crippen LogP contribution in [0.15, 0.2) is 53.0 Å². The molecule has 0 saturated heterocycles. The highest BCUT2D eigenvalue weighted by Gasteiger charge is 2.10. The molecule has 18 heavy (non-hydrogen) atoms. The first kappa shape index (κ1) is 12.6. The third kappa shape index (κ3) is 2.88. The topological polar surface area (TPSA) is 67.1 Å². The van der Waals surface area contributed by atoms with Crippen LogP contribution < -0.4 is 16.6 Å². The second-order valence-electron chi connectivity index (χ2n) is 3.65. The van der Waals surface area contributed by atoms with Crippen molar-refractivity contribution in [3.8, 4) is 0 Å². The van der Waals surface area contributed by atoms with E-state index in [1.165, 1.54) is 0 Å². The fraction of sp³-hybridized carbons (Fsp3) is 0. The Bertz CT molecular complexity index is 572. The van der Waals surface area contributed by atoms with E-state index >= 15 is 0 Å². The summed E-state index contributed by atoms with van der Waals surface area (Å²) in [5.41, 5.74) is 4.31. The van der Waals surface area contributed by atoms with E-state index in [4.69, 9.17) is 5.84 Å². The number of carbonyl (C=O) groups excluding carboxylic acids is 1. The smallest absolute Gasteiger partial charge is 0.257 e. The number of rotatable bonds is 3. The van der Waals surface area contributed by atoms with Gasteiger partial charge in [-0.25, -0.2) is 0 Å². The van der Waals surface area contributed by atoms with Crippen molar-refractivity contribution >= 4 is 33.2 Å². The summed E-state index contributed by atoms with van der Waals surface area (Å²) in [5, 5.41) is 2.81. The van der Waals surface area contributed by atoms with Gasteiger partial charge in [0.25, 0.3) is 5.91 Å². The first-order chi connectivity index (χ1) is 8.70. The molecule has 5 heteroatoms. The van der Waals surface area contributed by atoms with Gasteiger partial charge < -0.3 is 10.7 Å². The molecule has 4 N–H and O–H groups in total. The number of nitrogens with two attached hydrogens (primary N) is 1. The van der Waals surface area contributed by atoms with Crippen molar-refractivity contribution in [1.82, 2.24) is 0 Å². The molecule has 2 aromatic carbocycles. The molecule has 0 unspecified atom stereocenters. The largest absolute Gasteiger partial charge is 0.323 e. The van der Waals surface area contributed by atoms with E-state index in [0.29, 0.717) is 11.3 Å². The Kier molecular flexibility index (Phi) is 3.96. The molecule has 0 saturated carbocycles. The minimum absolute atomic E-state index is 0.207. The molecule has 0 aromatic heterocycles. The third-order valence-corrected chi connectivity index (χ3v) is 2.90. The van der Waals surface area contributed by atoms with Crippen molar-refractivity contribution in [3.05, 3.63) is 58.6 Å². The summed E-state index contributed by atoms with van der Waals surface area (Å²) in [5.74, 6) is 5.16. The zero-order valence-corrected chi connectivity index (χ0v) is 11.1. The van der Waals surface area contributed by atoms with Crippen LogP contribution in [0.2, 0.25) is 0 Å². The first-order valence-corrected chi connectivity index (χ1v) is 6.12. The van der Waals surface area contributed by atoms with Crippen molar-refractivity contribution in [2.24, 2.45) is 5.84 Å². The highest BCUT2D eigenvalue weighted by atomic mass is 79.9. The van der Waals surface area contributed by atoms with E-state index in [9.17, 15) is 4.79 Å². The van der Waals surface area contributed by atoms with Crippen LogP contribution in [0.1, 0.15) is 10.4 Å². The third-order valence-electron chi connectivity index (χ3n) is 2.41. The first-order valence-electron chi connectivity index (χ1n) is 5.33. The van der Waals surface area contributed by atoms with Crippen LogP contribution in [0.3, 0.4) is 0 Å². The highest BCUT2D eigenvalue weighted by Crippen LogP contribution is 2.19. The average Bonchev–Trinajstić information content (AvgIpc) is 2.38. The zero-order chi connectivity index (χ0) is 13.0. The lowest BCUT2D eigenvalue weighted by atomic mass is 10.1. The van der Waals surface area contributed by atoms with Gasteiger partial charge in [0.15, 0.2) is 0 Å². The van der Waals surface area contributed by atoms with E-state index in [1.54, 1.807) is 18.2 Å². The quantitative estimate of drug-likeness (QED) is 0.603. The van der Waals surface area contributed by atoms with Gasteiger partial charge in [-0.3, -0.25) is 10.6 Å². The number of anilines is 2. The summed E-state index contributed by atoms with van der Waals surface area (Å²) in [6.07, 6.45) is 0. The summed E-state index contributed by atoms with van der Waals surface area (Å²) in [7, 11) is 0. The lowest BCUT2D eigenvalue weighted by molar-refractivity contribution is 0.102. The monoisotopic (exact) mass is 305 g/mol. The van der Waals surface area contributed by atoms with Gasteiger partial charge >= 0.3 is 0 Å². The molecule has 0 atom stereocenters. The van der Waals surface area contributed by atoms with Crippen molar-refractivity contribution in [1.29, 1.82) is 0 Å². The molecule has 0 aliphatic carbocycles. The normalized spacial score (nSPS) is 9.89. The summed E-state index contributed by atoms with van der Waals surface area (Å²) >= 11 is 3.35. The Labute approximate surface area is 113 Å². The Morgan fingerprint density at radius 2 is 1.89 bits per heavy atom. The molecule has 0 radical (unpaired) electrons. The summed E-state index contributed by atoms with van der Waals surface area (Å²) < 4.78 is 0.908. The number of carbonyl (C=O) groups is 1. The Hall–Kier alpha value is -1.85. The predicted octanol–water partition coefficient (Wildman–Crippen LogP) is 2.99. The number of nitrogens with one attached hydrogen (secondary N) is 2. The molecule has 2 rings (SSSR count). The van der Waals surface area contributed by atoms with E-state index < -0.39 is 0 Å². The Balaban J connectivity index is 2.22. The SMILES string of the molecule is NNc1ccccc1C(=O)Nc1cccc(Br)c1.